The zero-order valence-corrected chi connectivity index (χ0v) is 18.5. The van der Waals surface area contributed by atoms with Crippen LogP contribution in [0.25, 0.3) is 11.2 Å². The lowest BCUT2D eigenvalue weighted by molar-refractivity contribution is 0.153. The number of piperazine rings is 1. The summed E-state index contributed by atoms with van der Waals surface area (Å²) in [5, 5.41) is 9.79. The number of nitrogens with zero attached hydrogens (tertiary/aromatic N) is 5. The minimum absolute atomic E-state index is 0.255. The van der Waals surface area contributed by atoms with Crippen molar-refractivity contribution in [2.45, 2.75) is 19.9 Å². The highest BCUT2D eigenvalue weighted by Gasteiger charge is 2.18. The average molecular weight is 440 g/mol. The van der Waals surface area contributed by atoms with E-state index in [1.165, 1.54) is 9.47 Å². The topological polar surface area (TPSA) is 95.1 Å². The molecule has 1 aliphatic heterocycles. The van der Waals surface area contributed by atoms with Crippen molar-refractivity contribution < 1.29 is 14.3 Å². The lowest BCUT2D eigenvalue weighted by Gasteiger charge is -2.32. The van der Waals surface area contributed by atoms with Gasteiger partial charge in [0.15, 0.2) is 11.2 Å². The fourth-order valence-corrected chi connectivity index (χ4v) is 4.04. The monoisotopic (exact) mass is 439 g/mol. The number of likely N-dealkylation sites (N-methyl/N-ethyl adjacent to an activating group) is 1. The Kier molecular flexibility index (Phi) is 6.57. The molecule has 1 saturated heterocycles. The average Bonchev–Trinajstić information content (AvgIpc) is 3.07. The van der Waals surface area contributed by atoms with Gasteiger partial charge in [0.25, 0.3) is 0 Å². The molecule has 1 fully saturated rings. The quantitative estimate of drug-likeness (QED) is 0.604. The molecule has 3 aromatic rings. The molecule has 1 aliphatic rings. The maximum Gasteiger partial charge on any atom is 0.421 e. The van der Waals surface area contributed by atoms with Crippen LogP contribution in [0.15, 0.2) is 45.6 Å². The van der Waals surface area contributed by atoms with Crippen LogP contribution in [0.1, 0.15) is 17.7 Å². The molecular weight excluding hydrogens is 410 g/mol. The summed E-state index contributed by atoms with van der Waals surface area (Å²) in [5.41, 5.74) is 3.12. The maximum atomic E-state index is 12.3. The first-order valence-electron chi connectivity index (χ1n) is 10.9. The highest BCUT2D eigenvalue weighted by Crippen LogP contribution is 2.19. The molecule has 3 heterocycles. The van der Waals surface area contributed by atoms with Gasteiger partial charge in [-0.2, -0.15) is 0 Å². The Hall–Kier alpha value is -3.17. The Morgan fingerprint density at radius 1 is 1.19 bits per heavy atom. The lowest BCUT2D eigenvalue weighted by Crippen LogP contribution is -2.45. The number of carboxylic acid groups (broad SMARTS) is 1. The number of pyridine rings is 1. The Morgan fingerprint density at radius 3 is 2.72 bits per heavy atom. The molecular formula is C23H29N5O4. The van der Waals surface area contributed by atoms with Crippen LogP contribution in [0.3, 0.4) is 0 Å². The Morgan fingerprint density at radius 2 is 1.97 bits per heavy atom. The van der Waals surface area contributed by atoms with Crippen molar-refractivity contribution in [2.24, 2.45) is 0 Å². The van der Waals surface area contributed by atoms with Crippen molar-refractivity contribution >= 4 is 23.0 Å². The molecule has 1 N–H and O–H groups in total. The van der Waals surface area contributed by atoms with E-state index in [-0.39, 0.29) is 6.54 Å². The highest BCUT2D eigenvalue weighted by molar-refractivity contribution is 5.86. The fourth-order valence-electron chi connectivity index (χ4n) is 4.04. The zero-order chi connectivity index (χ0) is 22.7. The number of oxazole rings is 1. The van der Waals surface area contributed by atoms with Crippen LogP contribution in [-0.2, 0) is 6.54 Å². The molecule has 2 aromatic heterocycles. The summed E-state index contributed by atoms with van der Waals surface area (Å²) in [6.45, 7) is 7.51. The second kappa shape index (κ2) is 9.54. The van der Waals surface area contributed by atoms with Gasteiger partial charge >= 0.3 is 11.8 Å². The molecule has 1 aromatic carbocycles. The van der Waals surface area contributed by atoms with E-state index in [0.717, 1.165) is 50.4 Å². The van der Waals surface area contributed by atoms with Gasteiger partial charge in [-0.25, -0.2) is 14.6 Å². The molecule has 0 atom stereocenters. The standard InChI is InChI=1S/C23H29N5O4/c1-17-7-8-20-21(24-17)28(23(31)32-20)16-18-5-3-6-19(15-18)27(22(29)30)10-4-9-26-13-11-25(2)12-14-26/h3,5-8,15H,4,9-14,16H2,1-2H3,(H,29,30). The van der Waals surface area contributed by atoms with Gasteiger partial charge < -0.3 is 19.3 Å². The molecule has 9 heteroatoms. The molecule has 4 rings (SSSR count). The van der Waals surface area contributed by atoms with Crippen LogP contribution >= 0.6 is 0 Å². The molecule has 0 aliphatic carbocycles. The van der Waals surface area contributed by atoms with E-state index in [4.69, 9.17) is 4.42 Å². The van der Waals surface area contributed by atoms with E-state index >= 15 is 0 Å². The minimum atomic E-state index is -0.983. The largest absolute Gasteiger partial charge is 0.465 e. The van der Waals surface area contributed by atoms with Gasteiger partial charge in [0.1, 0.15) is 0 Å². The van der Waals surface area contributed by atoms with Crippen molar-refractivity contribution in [3.8, 4) is 0 Å². The van der Waals surface area contributed by atoms with Crippen molar-refractivity contribution in [1.82, 2.24) is 19.4 Å². The summed E-state index contributed by atoms with van der Waals surface area (Å²) in [4.78, 5) is 34.8. The Bertz CT molecular complexity index is 1150. The zero-order valence-electron chi connectivity index (χ0n) is 18.5. The number of aromatic nitrogens is 2. The van der Waals surface area contributed by atoms with Gasteiger partial charge in [0.05, 0.1) is 6.54 Å². The number of anilines is 1. The molecule has 0 unspecified atom stereocenters. The molecule has 0 radical (unpaired) electrons. The Balaban J connectivity index is 1.47. The van der Waals surface area contributed by atoms with Gasteiger partial charge in [0.2, 0.25) is 0 Å². The predicted octanol–water partition coefficient (Wildman–Crippen LogP) is 2.47. The van der Waals surface area contributed by atoms with Crippen molar-refractivity contribution in [3.63, 3.8) is 0 Å². The summed E-state index contributed by atoms with van der Waals surface area (Å²) in [6.07, 6.45) is -0.223. The van der Waals surface area contributed by atoms with Gasteiger partial charge in [-0.15, -0.1) is 0 Å². The predicted molar refractivity (Wildman–Crippen MR) is 122 cm³/mol. The van der Waals surface area contributed by atoms with Crippen molar-refractivity contribution in [1.29, 1.82) is 0 Å². The van der Waals surface area contributed by atoms with Crippen LogP contribution in [0, 0.1) is 6.92 Å². The van der Waals surface area contributed by atoms with Crippen LogP contribution in [-0.4, -0.2) is 76.9 Å². The van der Waals surface area contributed by atoms with Crippen LogP contribution in [0.5, 0.6) is 0 Å². The maximum absolute atomic E-state index is 12.3. The van der Waals surface area contributed by atoms with E-state index in [1.54, 1.807) is 18.2 Å². The third-order valence-corrected chi connectivity index (χ3v) is 5.90. The van der Waals surface area contributed by atoms with E-state index in [1.807, 2.05) is 25.1 Å². The van der Waals surface area contributed by atoms with Crippen LogP contribution < -0.4 is 10.7 Å². The fraction of sp³-hybridized carbons (Fsp3) is 0.435. The third-order valence-electron chi connectivity index (χ3n) is 5.90. The number of aryl methyl sites for hydroxylation is 1. The summed E-state index contributed by atoms with van der Waals surface area (Å²) in [5.74, 6) is -0.481. The van der Waals surface area contributed by atoms with E-state index in [2.05, 4.69) is 21.8 Å². The second-order valence-electron chi connectivity index (χ2n) is 8.33. The SMILES string of the molecule is Cc1ccc2oc(=O)n(Cc3cccc(N(CCCN4CCN(C)CC4)C(=O)O)c3)c2n1. The van der Waals surface area contributed by atoms with Crippen molar-refractivity contribution in [2.75, 3.05) is 51.2 Å². The summed E-state index contributed by atoms with van der Waals surface area (Å²) in [6, 6.07) is 10.8. The minimum Gasteiger partial charge on any atom is -0.465 e. The third kappa shape index (κ3) is 5.00. The van der Waals surface area contributed by atoms with E-state index in [9.17, 15) is 14.7 Å². The number of amides is 1. The number of benzene rings is 1. The van der Waals surface area contributed by atoms with Gasteiger partial charge in [-0.1, -0.05) is 12.1 Å². The number of hydrogen-bond acceptors (Lipinski definition) is 6. The van der Waals surface area contributed by atoms with Gasteiger partial charge in [-0.05, 0) is 56.8 Å². The molecule has 170 valence electrons. The first-order chi connectivity index (χ1) is 15.4. The first kappa shape index (κ1) is 22.0. The van der Waals surface area contributed by atoms with Crippen LogP contribution in [0.2, 0.25) is 0 Å². The van der Waals surface area contributed by atoms with E-state index in [0.29, 0.717) is 23.5 Å². The number of fused-ring (bicyclic) bond motifs is 1. The molecule has 32 heavy (non-hydrogen) atoms. The number of hydrogen-bond donors (Lipinski definition) is 1. The van der Waals surface area contributed by atoms with E-state index < -0.39 is 11.8 Å². The summed E-state index contributed by atoms with van der Waals surface area (Å²) in [7, 11) is 2.12. The van der Waals surface area contributed by atoms with Crippen molar-refractivity contribution in [3.05, 3.63) is 58.2 Å². The molecule has 0 bridgehead atoms. The number of carbonyl (C=O) groups is 1. The molecule has 1 amide bonds. The van der Waals surface area contributed by atoms with Gasteiger partial charge in [0, 0.05) is 44.1 Å². The molecule has 0 spiro atoms. The second-order valence-corrected chi connectivity index (χ2v) is 8.33. The molecule has 9 nitrogen and oxygen atoms in total. The van der Waals surface area contributed by atoms with Gasteiger partial charge in [-0.3, -0.25) is 9.47 Å². The Labute approximate surface area is 186 Å². The highest BCUT2D eigenvalue weighted by atomic mass is 16.4. The first-order valence-corrected chi connectivity index (χ1v) is 10.9. The number of rotatable bonds is 7. The normalized spacial score (nSPS) is 15.3. The lowest BCUT2D eigenvalue weighted by atomic mass is 10.1. The summed E-state index contributed by atoms with van der Waals surface area (Å²) >= 11 is 0. The van der Waals surface area contributed by atoms with Crippen LogP contribution in [0.4, 0.5) is 10.5 Å². The smallest absolute Gasteiger partial charge is 0.421 e. The summed E-state index contributed by atoms with van der Waals surface area (Å²) < 4.78 is 6.76. The molecule has 0 saturated carbocycles.